The molecule has 9 nitrogen and oxygen atoms in total. The van der Waals surface area contributed by atoms with Crippen molar-refractivity contribution in [1.82, 2.24) is 20.5 Å². The summed E-state index contributed by atoms with van der Waals surface area (Å²) in [6.07, 6.45) is -0.671. The molecule has 3 rings (SSSR count). The number of nitrogens with one attached hydrogen (secondary N) is 2. The zero-order chi connectivity index (χ0) is 25.0. The van der Waals surface area contributed by atoms with E-state index >= 15 is 0 Å². The van der Waals surface area contributed by atoms with Gasteiger partial charge < -0.3 is 26.4 Å². The van der Waals surface area contributed by atoms with Crippen LogP contribution in [0.15, 0.2) is 29.8 Å². The number of aromatic nitrogens is 1. The molecule has 3 atom stereocenters. The third-order valence-electron chi connectivity index (χ3n) is 5.90. The number of nitrogens with two attached hydrogens (primary N) is 1. The number of amides is 3. The minimum atomic E-state index is -0.869. The lowest BCUT2D eigenvalue weighted by Gasteiger charge is -2.35. The van der Waals surface area contributed by atoms with Crippen LogP contribution < -0.4 is 16.4 Å². The van der Waals surface area contributed by atoms with Crippen LogP contribution in [0.5, 0.6) is 0 Å². The molecule has 1 saturated heterocycles. The Balaban J connectivity index is 0.00000432. The highest BCUT2D eigenvalue weighted by Gasteiger charge is 2.44. The third kappa shape index (κ3) is 7.00. The van der Waals surface area contributed by atoms with Crippen LogP contribution >= 0.6 is 23.7 Å². The first-order valence-corrected chi connectivity index (χ1v) is 12.1. The van der Waals surface area contributed by atoms with Gasteiger partial charge in [0.25, 0.3) is 0 Å². The van der Waals surface area contributed by atoms with E-state index in [4.69, 9.17) is 5.73 Å². The van der Waals surface area contributed by atoms with Crippen molar-refractivity contribution < 1.29 is 19.5 Å². The number of nitrogens with zero attached hydrogens (tertiary/aromatic N) is 2. The molecular weight excluding hydrogens is 490 g/mol. The molecule has 1 aliphatic heterocycles. The van der Waals surface area contributed by atoms with E-state index in [1.165, 1.54) is 4.90 Å². The molecule has 0 aliphatic carbocycles. The summed E-state index contributed by atoms with van der Waals surface area (Å²) in [6, 6.07) is 6.18. The van der Waals surface area contributed by atoms with Gasteiger partial charge in [-0.3, -0.25) is 14.4 Å². The number of carbonyl (C=O) groups excluding carboxylic acids is 3. The zero-order valence-electron chi connectivity index (χ0n) is 20.4. The maximum atomic E-state index is 13.3. The lowest BCUT2D eigenvalue weighted by atomic mass is 9.85. The molecule has 5 N–H and O–H groups in total. The maximum Gasteiger partial charge on any atom is 0.246 e. The van der Waals surface area contributed by atoms with E-state index in [0.29, 0.717) is 6.54 Å². The number of aryl methyl sites for hydroxylation is 1. The molecule has 0 radical (unpaired) electrons. The Kier molecular flexibility index (Phi) is 9.79. The second-order valence-corrected chi connectivity index (χ2v) is 10.5. The maximum absolute atomic E-state index is 13.3. The number of β-amino-alcohol motifs (C(OH)–C–C–N with tert-alkyl or cyclic N) is 1. The van der Waals surface area contributed by atoms with Gasteiger partial charge in [-0.05, 0) is 23.5 Å². The molecule has 0 saturated carbocycles. The predicted octanol–water partition coefficient (Wildman–Crippen LogP) is 1.61. The molecule has 2 heterocycles. The first kappa shape index (κ1) is 28.7. The number of benzene rings is 1. The average Bonchev–Trinajstić information content (AvgIpc) is 3.40. The number of hydrogen-bond donors (Lipinski definition) is 4. The minimum Gasteiger partial charge on any atom is -0.391 e. The average molecular weight is 524 g/mol. The molecular formula is C24H34ClN5O4S. The van der Waals surface area contributed by atoms with E-state index in [-0.39, 0.29) is 37.8 Å². The van der Waals surface area contributed by atoms with Crippen LogP contribution in [0.25, 0.3) is 10.4 Å². The lowest BCUT2D eigenvalue weighted by Crippen LogP contribution is -2.58. The van der Waals surface area contributed by atoms with Gasteiger partial charge in [-0.1, -0.05) is 45.0 Å². The van der Waals surface area contributed by atoms with Crippen molar-refractivity contribution in [1.29, 1.82) is 0 Å². The van der Waals surface area contributed by atoms with E-state index in [1.54, 1.807) is 11.3 Å². The number of carbonyl (C=O) groups is 3. The molecule has 3 amide bonds. The second kappa shape index (κ2) is 11.9. The highest BCUT2D eigenvalue weighted by atomic mass is 35.5. The summed E-state index contributed by atoms with van der Waals surface area (Å²) in [5.74, 6) is -1.20. The molecule has 1 unspecified atom stereocenters. The van der Waals surface area contributed by atoms with Gasteiger partial charge in [0.2, 0.25) is 17.7 Å². The topological polar surface area (TPSA) is 138 Å². The summed E-state index contributed by atoms with van der Waals surface area (Å²) in [6.45, 7) is 7.53. The van der Waals surface area contributed by atoms with Crippen LogP contribution in [-0.2, 0) is 20.9 Å². The number of aliphatic hydroxyl groups excluding tert-OH is 1. The molecule has 0 bridgehead atoms. The second-order valence-electron chi connectivity index (χ2n) is 9.65. The quantitative estimate of drug-likeness (QED) is 0.435. The van der Waals surface area contributed by atoms with Crippen molar-refractivity contribution in [2.75, 3.05) is 13.1 Å². The molecule has 2 aromatic rings. The Morgan fingerprint density at radius 2 is 1.91 bits per heavy atom. The Morgan fingerprint density at radius 1 is 1.26 bits per heavy atom. The van der Waals surface area contributed by atoms with Crippen LogP contribution in [0.3, 0.4) is 0 Å². The summed E-state index contributed by atoms with van der Waals surface area (Å²) in [7, 11) is 0. The van der Waals surface area contributed by atoms with Crippen LogP contribution in [0, 0.1) is 12.3 Å². The minimum absolute atomic E-state index is 0. The predicted molar refractivity (Wildman–Crippen MR) is 138 cm³/mol. The first-order valence-electron chi connectivity index (χ1n) is 11.3. The van der Waals surface area contributed by atoms with Crippen molar-refractivity contribution >= 4 is 41.5 Å². The summed E-state index contributed by atoms with van der Waals surface area (Å²) < 4.78 is 0. The molecule has 11 heteroatoms. The Bertz CT molecular complexity index is 1040. The van der Waals surface area contributed by atoms with Gasteiger partial charge in [-0.2, -0.15) is 0 Å². The lowest BCUT2D eigenvalue weighted by molar-refractivity contribution is -0.143. The van der Waals surface area contributed by atoms with E-state index in [0.717, 1.165) is 21.7 Å². The van der Waals surface area contributed by atoms with Crippen molar-refractivity contribution in [2.45, 2.75) is 58.8 Å². The first-order chi connectivity index (χ1) is 16.0. The molecule has 0 spiro atoms. The van der Waals surface area contributed by atoms with Gasteiger partial charge in [-0.25, -0.2) is 4.98 Å². The molecule has 1 aromatic carbocycles. The SMILES string of the molecule is Cc1ncsc1-c1ccc(CNC(=O)[C@@H]2C[C@@H](O)CN2C(=O)C(NC(=O)CN)C(C)(C)C)cc1.Cl. The Hall–Kier alpha value is -2.53. The number of thiazole rings is 1. The number of rotatable bonds is 7. The van der Waals surface area contributed by atoms with Crippen LogP contribution in [-0.4, -0.2) is 64.0 Å². The standard InChI is InChI=1S/C24H33N5O4S.ClH/c1-14-20(34-13-27-14)16-7-5-15(6-8-16)11-26-22(32)18-9-17(30)12-29(18)23(33)21(24(2,3)4)28-19(31)10-25;/h5-8,13,17-18,21,30H,9-12,25H2,1-4H3,(H,26,32)(H,28,31);1H/t17-,18+,21?;/m1./s1. The third-order valence-corrected chi connectivity index (χ3v) is 6.87. The molecule has 192 valence electrons. The Morgan fingerprint density at radius 3 is 2.46 bits per heavy atom. The van der Waals surface area contributed by atoms with Crippen LogP contribution in [0.1, 0.15) is 38.4 Å². The van der Waals surface area contributed by atoms with Gasteiger partial charge in [0.1, 0.15) is 12.1 Å². The van der Waals surface area contributed by atoms with E-state index in [1.807, 2.05) is 57.5 Å². The van der Waals surface area contributed by atoms with Gasteiger partial charge in [0.05, 0.1) is 28.7 Å². The highest BCUT2D eigenvalue weighted by Crippen LogP contribution is 2.28. The molecule has 35 heavy (non-hydrogen) atoms. The highest BCUT2D eigenvalue weighted by molar-refractivity contribution is 7.13. The smallest absolute Gasteiger partial charge is 0.246 e. The van der Waals surface area contributed by atoms with Gasteiger partial charge in [0.15, 0.2) is 0 Å². The van der Waals surface area contributed by atoms with Gasteiger partial charge in [0, 0.05) is 19.5 Å². The van der Waals surface area contributed by atoms with E-state index < -0.39 is 35.4 Å². The van der Waals surface area contributed by atoms with Crippen molar-refractivity contribution in [3.05, 3.63) is 41.0 Å². The van der Waals surface area contributed by atoms with Gasteiger partial charge in [-0.15, -0.1) is 23.7 Å². The van der Waals surface area contributed by atoms with Crippen molar-refractivity contribution in [3.8, 4) is 10.4 Å². The summed E-state index contributed by atoms with van der Waals surface area (Å²) >= 11 is 1.58. The van der Waals surface area contributed by atoms with Crippen LogP contribution in [0.4, 0.5) is 0 Å². The zero-order valence-corrected chi connectivity index (χ0v) is 22.0. The van der Waals surface area contributed by atoms with Crippen molar-refractivity contribution in [3.63, 3.8) is 0 Å². The fraction of sp³-hybridized carbons (Fsp3) is 0.500. The summed E-state index contributed by atoms with van der Waals surface area (Å²) in [4.78, 5) is 45.0. The number of hydrogen-bond acceptors (Lipinski definition) is 7. The van der Waals surface area contributed by atoms with Crippen LogP contribution in [0.2, 0.25) is 0 Å². The molecule has 1 fully saturated rings. The van der Waals surface area contributed by atoms with Gasteiger partial charge >= 0.3 is 0 Å². The van der Waals surface area contributed by atoms with E-state index in [2.05, 4.69) is 15.6 Å². The number of aliphatic hydroxyl groups is 1. The summed E-state index contributed by atoms with van der Waals surface area (Å²) in [5.41, 5.74) is 9.58. The Labute approximate surface area is 215 Å². The molecule has 1 aliphatic rings. The van der Waals surface area contributed by atoms with Crippen molar-refractivity contribution in [2.24, 2.45) is 11.1 Å². The fourth-order valence-corrected chi connectivity index (χ4v) is 4.81. The normalized spacial score (nSPS) is 18.5. The number of likely N-dealkylation sites (tertiary alicyclic amines) is 1. The monoisotopic (exact) mass is 523 g/mol. The molecule has 1 aromatic heterocycles. The number of halogens is 1. The fourth-order valence-electron chi connectivity index (χ4n) is 4.00. The van der Waals surface area contributed by atoms with E-state index in [9.17, 15) is 19.5 Å². The summed E-state index contributed by atoms with van der Waals surface area (Å²) in [5, 5.41) is 15.8. The largest absolute Gasteiger partial charge is 0.391 e.